The fourth-order valence-corrected chi connectivity index (χ4v) is 3.13. The van der Waals surface area contributed by atoms with E-state index in [1.54, 1.807) is 13.8 Å². The lowest BCUT2D eigenvalue weighted by Crippen LogP contribution is -2.42. The number of nitrogens with zero attached hydrogens (tertiary/aromatic N) is 1. The molecule has 0 heterocycles. The molecule has 0 atom stereocenters. The van der Waals surface area contributed by atoms with Gasteiger partial charge in [0.2, 0.25) is 10.0 Å². The van der Waals surface area contributed by atoms with Crippen LogP contribution in [0.5, 0.6) is 0 Å². The maximum absolute atomic E-state index is 11.8. The van der Waals surface area contributed by atoms with Crippen LogP contribution >= 0.6 is 15.9 Å². The fourth-order valence-electron chi connectivity index (χ4n) is 1.03. The molecule has 0 rings (SSSR count). The Morgan fingerprint density at radius 2 is 1.69 bits per heavy atom. The maximum Gasteiger partial charge on any atom is 0.216 e. The Bertz CT molecular complexity index is 237. The van der Waals surface area contributed by atoms with Crippen molar-refractivity contribution in [3.05, 3.63) is 0 Å². The van der Waals surface area contributed by atoms with Gasteiger partial charge in [-0.3, -0.25) is 0 Å². The molecule has 0 amide bonds. The summed E-state index contributed by atoms with van der Waals surface area (Å²) in [4.78, 5) is 0. The zero-order valence-corrected chi connectivity index (χ0v) is 11.0. The van der Waals surface area contributed by atoms with Gasteiger partial charge in [-0.1, -0.05) is 15.9 Å². The Morgan fingerprint density at radius 1 is 1.23 bits per heavy atom. The van der Waals surface area contributed by atoms with E-state index in [0.717, 1.165) is 0 Å². The van der Waals surface area contributed by atoms with Crippen molar-refractivity contribution < 1.29 is 8.42 Å². The molecule has 0 unspecified atom stereocenters. The summed E-state index contributed by atoms with van der Waals surface area (Å²) in [5, 5.41) is 0.339. The molecule has 13 heavy (non-hydrogen) atoms. The van der Waals surface area contributed by atoms with Gasteiger partial charge in [-0.05, 0) is 27.7 Å². The first kappa shape index (κ1) is 13.4. The van der Waals surface area contributed by atoms with Gasteiger partial charge in [0.25, 0.3) is 0 Å². The second kappa shape index (κ2) is 5.32. The van der Waals surface area contributed by atoms with E-state index < -0.39 is 10.0 Å². The van der Waals surface area contributed by atoms with Crippen molar-refractivity contribution in [2.45, 2.75) is 39.0 Å². The average molecular weight is 272 g/mol. The Balaban J connectivity index is 4.74. The SMILES string of the molecule is CC(C)N(CCBr)S(=O)(=O)C(C)C. The average Bonchev–Trinajstić information content (AvgIpc) is 1.98. The van der Waals surface area contributed by atoms with Crippen LogP contribution in [0.2, 0.25) is 0 Å². The van der Waals surface area contributed by atoms with Gasteiger partial charge in [0.15, 0.2) is 0 Å². The Labute approximate surface area is 89.7 Å². The summed E-state index contributed by atoms with van der Waals surface area (Å²) in [6.07, 6.45) is 0. The molecule has 0 saturated carbocycles. The molecular weight excluding hydrogens is 254 g/mol. The Kier molecular flexibility index (Phi) is 5.47. The van der Waals surface area contributed by atoms with Gasteiger partial charge in [0.1, 0.15) is 0 Å². The lowest BCUT2D eigenvalue weighted by Gasteiger charge is -2.26. The van der Waals surface area contributed by atoms with Crippen LogP contribution in [0.4, 0.5) is 0 Å². The minimum Gasteiger partial charge on any atom is -0.212 e. The van der Waals surface area contributed by atoms with Crippen molar-refractivity contribution >= 4 is 26.0 Å². The van der Waals surface area contributed by atoms with Crippen LogP contribution in [0, 0.1) is 0 Å². The topological polar surface area (TPSA) is 37.4 Å². The number of rotatable bonds is 5. The molecule has 0 radical (unpaired) electrons. The van der Waals surface area contributed by atoms with Gasteiger partial charge in [-0.2, -0.15) is 4.31 Å². The third-order valence-electron chi connectivity index (χ3n) is 1.80. The van der Waals surface area contributed by atoms with E-state index in [1.165, 1.54) is 4.31 Å². The van der Waals surface area contributed by atoms with Crippen molar-refractivity contribution in [1.82, 2.24) is 4.31 Å². The monoisotopic (exact) mass is 271 g/mol. The van der Waals surface area contributed by atoms with Gasteiger partial charge >= 0.3 is 0 Å². The third kappa shape index (κ3) is 3.56. The van der Waals surface area contributed by atoms with Crippen molar-refractivity contribution in [2.75, 3.05) is 11.9 Å². The van der Waals surface area contributed by atoms with Crippen LogP contribution in [0.3, 0.4) is 0 Å². The second-order valence-electron chi connectivity index (χ2n) is 3.49. The lowest BCUT2D eigenvalue weighted by atomic mass is 10.4. The molecule has 0 N–H and O–H groups in total. The zero-order chi connectivity index (χ0) is 10.6. The van der Waals surface area contributed by atoms with E-state index in [4.69, 9.17) is 0 Å². The molecule has 0 fully saturated rings. The molecule has 0 aromatic rings. The van der Waals surface area contributed by atoms with E-state index in [9.17, 15) is 8.42 Å². The summed E-state index contributed by atoms with van der Waals surface area (Å²) in [6, 6.07) is 0.0324. The molecular formula is C8H18BrNO2S. The van der Waals surface area contributed by atoms with Crippen molar-refractivity contribution in [3.63, 3.8) is 0 Å². The van der Waals surface area contributed by atoms with E-state index in [1.807, 2.05) is 13.8 Å². The molecule has 80 valence electrons. The predicted molar refractivity (Wildman–Crippen MR) is 59.7 cm³/mol. The van der Waals surface area contributed by atoms with Crippen LogP contribution in [-0.2, 0) is 10.0 Å². The third-order valence-corrected chi connectivity index (χ3v) is 4.61. The minimum atomic E-state index is -3.10. The molecule has 0 aliphatic carbocycles. The van der Waals surface area contributed by atoms with Crippen LogP contribution in [0.25, 0.3) is 0 Å². The largest absolute Gasteiger partial charge is 0.216 e. The fraction of sp³-hybridized carbons (Fsp3) is 1.00. The molecule has 0 spiro atoms. The summed E-state index contributed by atoms with van der Waals surface area (Å²) in [5.41, 5.74) is 0. The van der Waals surface area contributed by atoms with Gasteiger partial charge in [0.05, 0.1) is 5.25 Å². The van der Waals surface area contributed by atoms with Crippen molar-refractivity contribution in [2.24, 2.45) is 0 Å². The summed E-state index contributed by atoms with van der Waals surface area (Å²) < 4.78 is 25.1. The standard InChI is InChI=1S/C8H18BrNO2S/c1-7(2)10(6-5-9)13(11,12)8(3)4/h7-8H,5-6H2,1-4H3. The lowest BCUT2D eigenvalue weighted by molar-refractivity contribution is 0.368. The summed E-state index contributed by atoms with van der Waals surface area (Å²) in [7, 11) is -3.10. The molecule has 0 saturated heterocycles. The summed E-state index contributed by atoms with van der Waals surface area (Å²) in [5.74, 6) is 0. The highest BCUT2D eigenvalue weighted by atomic mass is 79.9. The normalized spacial score (nSPS) is 13.2. The summed E-state index contributed by atoms with van der Waals surface area (Å²) >= 11 is 3.25. The van der Waals surface area contributed by atoms with Crippen LogP contribution in [-0.4, -0.2) is 35.9 Å². The smallest absolute Gasteiger partial charge is 0.212 e. The van der Waals surface area contributed by atoms with Crippen LogP contribution < -0.4 is 0 Å². The highest BCUT2D eigenvalue weighted by Crippen LogP contribution is 2.12. The van der Waals surface area contributed by atoms with Gasteiger partial charge in [-0.25, -0.2) is 8.42 Å². The summed E-state index contributed by atoms with van der Waals surface area (Å²) in [6.45, 7) is 7.74. The van der Waals surface area contributed by atoms with E-state index in [2.05, 4.69) is 15.9 Å². The number of hydrogen-bond acceptors (Lipinski definition) is 2. The van der Waals surface area contributed by atoms with Gasteiger partial charge in [-0.15, -0.1) is 0 Å². The first-order valence-electron chi connectivity index (χ1n) is 4.40. The van der Waals surface area contributed by atoms with Gasteiger partial charge < -0.3 is 0 Å². The molecule has 0 bridgehead atoms. The molecule has 0 aromatic carbocycles. The van der Waals surface area contributed by atoms with Crippen molar-refractivity contribution in [3.8, 4) is 0 Å². The zero-order valence-electron chi connectivity index (χ0n) is 8.62. The van der Waals surface area contributed by atoms with Crippen molar-refractivity contribution in [1.29, 1.82) is 0 Å². The quantitative estimate of drug-likeness (QED) is 0.716. The maximum atomic E-state index is 11.8. The predicted octanol–water partition coefficient (Wildman–Crippen LogP) is 1.83. The number of alkyl halides is 1. The second-order valence-corrected chi connectivity index (χ2v) is 6.72. The minimum absolute atomic E-state index is 0.0324. The van der Waals surface area contributed by atoms with E-state index >= 15 is 0 Å². The Hall–Kier alpha value is 0.390. The molecule has 0 aromatic heterocycles. The number of sulfonamides is 1. The van der Waals surface area contributed by atoms with Crippen LogP contribution in [0.15, 0.2) is 0 Å². The van der Waals surface area contributed by atoms with Gasteiger partial charge in [0, 0.05) is 17.9 Å². The highest BCUT2D eigenvalue weighted by molar-refractivity contribution is 9.09. The van der Waals surface area contributed by atoms with Crippen LogP contribution in [0.1, 0.15) is 27.7 Å². The number of hydrogen-bond donors (Lipinski definition) is 0. The molecule has 5 heteroatoms. The highest BCUT2D eigenvalue weighted by Gasteiger charge is 2.27. The molecule has 3 nitrogen and oxygen atoms in total. The number of halogens is 1. The molecule has 0 aliphatic rings. The first-order valence-corrected chi connectivity index (χ1v) is 7.03. The first-order chi connectivity index (χ1) is 5.84. The van der Waals surface area contributed by atoms with E-state index in [0.29, 0.717) is 11.9 Å². The van der Waals surface area contributed by atoms with E-state index in [-0.39, 0.29) is 11.3 Å². The molecule has 0 aliphatic heterocycles. The Morgan fingerprint density at radius 3 is 1.92 bits per heavy atom.